The number of nitrogens with zero attached hydrogens (tertiary/aromatic N) is 1. The smallest absolute Gasteiger partial charge is 0.188 e. The summed E-state index contributed by atoms with van der Waals surface area (Å²) >= 11 is 1.66. The Morgan fingerprint density at radius 2 is 1.88 bits per heavy atom. The van der Waals surface area contributed by atoms with Crippen LogP contribution in [0, 0.1) is 6.07 Å². The van der Waals surface area contributed by atoms with E-state index in [1.54, 1.807) is 11.3 Å². The van der Waals surface area contributed by atoms with E-state index in [2.05, 4.69) is 22.4 Å². The van der Waals surface area contributed by atoms with E-state index in [0.717, 1.165) is 16.3 Å². The quantitative estimate of drug-likeness (QED) is 0.716. The van der Waals surface area contributed by atoms with Crippen molar-refractivity contribution in [3.63, 3.8) is 0 Å². The highest BCUT2D eigenvalue weighted by Gasteiger charge is 2.02. The first-order valence-corrected chi connectivity index (χ1v) is 5.82. The van der Waals surface area contributed by atoms with Gasteiger partial charge in [-0.05, 0) is 30.3 Å². The Hall–Kier alpha value is -1.87. The molecule has 2 aromatic carbocycles. The minimum atomic E-state index is 0.924. The summed E-state index contributed by atoms with van der Waals surface area (Å²) in [6.07, 6.45) is 0. The van der Waals surface area contributed by atoms with Gasteiger partial charge in [0.2, 0.25) is 0 Å². The summed E-state index contributed by atoms with van der Waals surface area (Å²) in [6, 6.07) is 18.9. The molecule has 0 atom stereocenters. The van der Waals surface area contributed by atoms with Crippen LogP contribution in [-0.2, 0) is 0 Å². The third-order valence-corrected chi connectivity index (χ3v) is 3.22. The third-order valence-electron chi connectivity index (χ3n) is 2.26. The zero-order valence-electron chi connectivity index (χ0n) is 8.47. The molecule has 1 aromatic heterocycles. The van der Waals surface area contributed by atoms with E-state index in [1.807, 2.05) is 42.5 Å². The van der Waals surface area contributed by atoms with Crippen LogP contribution in [0.3, 0.4) is 0 Å². The third kappa shape index (κ3) is 1.77. The highest BCUT2D eigenvalue weighted by Crippen LogP contribution is 2.27. The molecule has 1 radical (unpaired) electrons. The van der Waals surface area contributed by atoms with E-state index >= 15 is 0 Å². The van der Waals surface area contributed by atoms with Crippen molar-refractivity contribution in [3.8, 4) is 0 Å². The maximum absolute atomic E-state index is 4.51. The average Bonchev–Trinajstić information content (AvgIpc) is 2.72. The zero-order valence-corrected chi connectivity index (χ0v) is 9.29. The Kier molecular flexibility index (Phi) is 2.31. The molecule has 0 saturated heterocycles. The fourth-order valence-electron chi connectivity index (χ4n) is 1.52. The number of hydrogen-bond donors (Lipinski definition) is 1. The largest absolute Gasteiger partial charge is 0.332 e. The van der Waals surface area contributed by atoms with Crippen LogP contribution in [0.2, 0.25) is 0 Å². The lowest BCUT2D eigenvalue weighted by Gasteiger charge is -1.99. The molecule has 0 aliphatic rings. The fraction of sp³-hybridized carbons (Fsp3) is 0. The number of benzene rings is 2. The first-order valence-electron chi connectivity index (χ1n) is 5.00. The molecule has 0 saturated carbocycles. The molecule has 0 amide bonds. The van der Waals surface area contributed by atoms with Gasteiger partial charge in [0.1, 0.15) is 0 Å². The zero-order chi connectivity index (χ0) is 10.8. The average molecular weight is 225 g/mol. The number of aromatic nitrogens is 1. The van der Waals surface area contributed by atoms with Crippen LogP contribution >= 0.6 is 11.3 Å². The standard InChI is InChI=1S/C13H9N2S/c1-2-6-10(7-3-1)14-13-15-11-8-4-5-9-12(11)16-13/h2-9H,(H,14,15). The maximum Gasteiger partial charge on any atom is 0.188 e. The number of anilines is 2. The van der Waals surface area contributed by atoms with Crippen molar-refractivity contribution in [1.29, 1.82) is 0 Å². The van der Waals surface area contributed by atoms with Gasteiger partial charge in [0, 0.05) is 5.69 Å². The predicted molar refractivity (Wildman–Crippen MR) is 68.2 cm³/mol. The lowest BCUT2D eigenvalue weighted by Crippen LogP contribution is -1.87. The topological polar surface area (TPSA) is 24.9 Å². The van der Waals surface area contributed by atoms with Crippen LogP contribution in [0.15, 0.2) is 48.5 Å². The molecule has 0 aliphatic heterocycles. The monoisotopic (exact) mass is 225 g/mol. The van der Waals surface area contributed by atoms with Gasteiger partial charge >= 0.3 is 0 Å². The van der Waals surface area contributed by atoms with Crippen molar-refractivity contribution in [2.45, 2.75) is 0 Å². The van der Waals surface area contributed by atoms with E-state index < -0.39 is 0 Å². The molecule has 77 valence electrons. The van der Waals surface area contributed by atoms with Crippen LogP contribution < -0.4 is 5.32 Å². The van der Waals surface area contributed by atoms with E-state index in [1.165, 1.54) is 4.70 Å². The molecule has 1 heterocycles. The van der Waals surface area contributed by atoms with Gasteiger partial charge in [-0.2, -0.15) is 0 Å². The molecule has 0 unspecified atom stereocenters. The number of fused-ring (bicyclic) bond motifs is 1. The van der Waals surface area contributed by atoms with E-state index in [0.29, 0.717) is 0 Å². The minimum Gasteiger partial charge on any atom is -0.332 e. The summed E-state index contributed by atoms with van der Waals surface area (Å²) in [5.41, 5.74) is 2.08. The second kappa shape index (κ2) is 3.94. The SMILES string of the molecule is [c]1ccc(Nc2nc3ccccc3s2)cc1. The van der Waals surface area contributed by atoms with Crippen LogP contribution in [0.4, 0.5) is 10.8 Å². The molecule has 0 spiro atoms. The van der Waals surface area contributed by atoms with E-state index in [4.69, 9.17) is 0 Å². The molecule has 3 aromatic rings. The van der Waals surface area contributed by atoms with Crippen molar-refractivity contribution < 1.29 is 0 Å². The molecule has 0 aliphatic carbocycles. The van der Waals surface area contributed by atoms with Gasteiger partial charge < -0.3 is 5.32 Å². The van der Waals surface area contributed by atoms with E-state index in [9.17, 15) is 0 Å². The summed E-state index contributed by atoms with van der Waals surface area (Å²) in [7, 11) is 0. The van der Waals surface area contributed by atoms with Gasteiger partial charge in [-0.25, -0.2) is 4.98 Å². The molecular weight excluding hydrogens is 216 g/mol. The van der Waals surface area contributed by atoms with Crippen LogP contribution in [0.5, 0.6) is 0 Å². The van der Waals surface area contributed by atoms with Crippen molar-refractivity contribution in [3.05, 3.63) is 54.6 Å². The van der Waals surface area contributed by atoms with Gasteiger partial charge in [-0.3, -0.25) is 0 Å². The Morgan fingerprint density at radius 3 is 2.69 bits per heavy atom. The summed E-state index contributed by atoms with van der Waals surface area (Å²) < 4.78 is 1.20. The highest BCUT2D eigenvalue weighted by atomic mass is 32.1. The Balaban J connectivity index is 1.95. The van der Waals surface area contributed by atoms with Crippen molar-refractivity contribution in [2.75, 3.05) is 5.32 Å². The van der Waals surface area contributed by atoms with Crippen molar-refractivity contribution >= 4 is 32.4 Å². The summed E-state index contributed by atoms with van der Waals surface area (Å²) in [6.45, 7) is 0. The van der Waals surface area contributed by atoms with Crippen molar-refractivity contribution in [2.24, 2.45) is 0 Å². The van der Waals surface area contributed by atoms with Gasteiger partial charge in [-0.15, -0.1) is 0 Å². The first kappa shape index (κ1) is 9.36. The van der Waals surface area contributed by atoms with Crippen LogP contribution in [0.1, 0.15) is 0 Å². The molecule has 0 fully saturated rings. The first-order chi connectivity index (χ1) is 7.92. The molecule has 2 nitrogen and oxygen atoms in total. The summed E-state index contributed by atoms with van der Waals surface area (Å²) in [5.74, 6) is 0. The van der Waals surface area contributed by atoms with Gasteiger partial charge in [0.25, 0.3) is 0 Å². The second-order valence-corrected chi connectivity index (χ2v) is 4.43. The number of para-hydroxylation sites is 1. The lowest BCUT2D eigenvalue weighted by atomic mass is 10.3. The highest BCUT2D eigenvalue weighted by molar-refractivity contribution is 7.22. The fourth-order valence-corrected chi connectivity index (χ4v) is 2.41. The molecule has 1 N–H and O–H groups in total. The van der Waals surface area contributed by atoms with Crippen LogP contribution in [-0.4, -0.2) is 4.98 Å². The molecule has 3 heteroatoms. The molecule has 3 rings (SSSR count). The van der Waals surface area contributed by atoms with Gasteiger partial charge in [0.15, 0.2) is 5.13 Å². The maximum atomic E-state index is 4.51. The summed E-state index contributed by atoms with van der Waals surface area (Å²) in [4.78, 5) is 4.51. The minimum absolute atomic E-state index is 0.924. The number of thiazole rings is 1. The number of rotatable bonds is 2. The summed E-state index contributed by atoms with van der Waals surface area (Å²) in [5, 5.41) is 4.20. The Morgan fingerprint density at radius 1 is 1.06 bits per heavy atom. The van der Waals surface area contributed by atoms with Crippen molar-refractivity contribution in [1.82, 2.24) is 4.98 Å². The second-order valence-electron chi connectivity index (χ2n) is 3.40. The predicted octanol–water partition coefficient (Wildman–Crippen LogP) is 3.84. The number of nitrogens with one attached hydrogen (secondary N) is 1. The van der Waals surface area contributed by atoms with Gasteiger partial charge in [-0.1, -0.05) is 35.6 Å². The molecule has 16 heavy (non-hydrogen) atoms. The molecule has 0 bridgehead atoms. The number of hydrogen-bond acceptors (Lipinski definition) is 3. The molecular formula is C13H9N2S. The Bertz CT molecular complexity index is 568. The van der Waals surface area contributed by atoms with E-state index in [-0.39, 0.29) is 0 Å². The normalized spacial score (nSPS) is 10.5. The lowest BCUT2D eigenvalue weighted by molar-refractivity contribution is 1.44. The van der Waals surface area contributed by atoms with Gasteiger partial charge in [0.05, 0.1) is 10.2 Å². The Labute approximate surface area is 97.6 Å². The van der Waals surface area contributed by atoms with Crippen LogP contribution in [0.25, 0.3) is 10.2 Å².